The molecular formula is C15H24N2O. The molecule has 0 heterocycles. The Morgan fingerprint density at radius 1 is 1.06 bits per heavy atom. The Hall–Kier alpha value is -1.35. The van der Waals surface area contributed by atoms with Crippen LogP contribution >= 0.6 is 0 Å². The molecule has 0 aliphatic carbocycles. The van der Waals surface area contributed by atoms with E-state index in [1.807, 2.05) is 0 Å². The van der Waals surface area contributed by atoms with Crippen LogP contribution in [0.1, 0.15) is 37.8 Å². The Labute approximate surface area is 110 Å². The van der Waals surface area contributed by atoms with E-state index in [9.17, 15) is 4.79 Å². The highest BCUT2D eigenvalue weighted by Crippen LogP contribution is 2.04. The maximum absolute atomic E-state index is 11.3. The summed E-state index contributed by atoms with van der Waals surface area (Å²) in [6, 6.07) is 8.60. The quantitative estimate of drug-likeness (QED) is 0.693. The van der Waals surface area contributed by atoms with Crippen molar-refractivity contribution in [2.24, 2.45) is 0 Å². The lowest BCUT2D eigenvalue weighted by molar-refractivity contribution is -0.120. The molecule has 1 amide bonds. The third-order valence-electron chi connectivity index (χ3n) is 2.86. The van der Waals surface area contributed by atoms with Crippen molar-refractivity contribution in [2.75, 3.05) is 13.1 Å². The maximum Gasteiger partial charge on any atom is 0.221 e. The van der Waals surface area contributed by atoms with Gasteiger partial charge in [0.1, 0.15) is 0 Å². The molecule has 3 nitrogen and oxygen atoms in total. The summed E-state index contributed by atoms with van der Waals surface area (Å²) >= 11 is 0. The van der Waals surface area contributed by atoms with Crippen LogP contribution in [0.5, 0.6) is 0 Å². The van der Waals surface area contributed by atoms with E-state index < -0.39 is 0 Å². The summed E-state index contributed by atoms with van der Waals surface area (Å²) in [7, 11) is 0. The normalized spacial score (nSPS) is 10.3. The summed E-state index contributed by atoms with van der Waals surface area (Å²) < 4.78 is 0. The minimum Gasteiger partial charge on any atom is -0.356 e. The third kappa shape index (κ3) is 5.82. The van der Waals surface area contributed by atoms with Gasteiger partial charge >= 0.3 is 0 Å². The van der Waals surface area contributed by atoms with Crippen molar-refractivity contribution in [3.05, 3.63) is 35.4 Å². The number of carbonyl (C=O) groups excluding carboxylic acids is 1. The predicted octanol–water partition coefficient (Wildman–Crippen LogP) is 2.25. The van der Waals surface area contributed by atoms with Crippen molar-refractivity contribution in [2.45, 2.75) is 39.7 Å². The Morgan fingerprint density at radius 3 is 2.33 bits per heavy atom. The zero-order chi connectivity index (χ0) is 13.2. The Bertz CT molecular complexity index is 346. The molecule has 3 heteroatoms. The number of carbonyl (C=O) groups is 1. The van der Waals surface area contributed by atoms with Gasteiger partial charge in [-0.2, -0.15) is 0 Å². The Kier molecular flexibility index (Phi) is 7.11. The molecule has 0 saturated carbocycles. The molecule has 100 valence electrons. The molecule has 0 atom stereocenters. The van der Waals surface area contributed by atoms with E-state index in [2.05, 4.69) is 48.7 Å². The highest BCUT2D eigenvalue weighted by molar-refractivity contribution is 5.75. The molecule has 0 unspecified atom stereocenters. The van der Waals surface area contributed by atoms with Gasteiger partial charge in [-0.1, -0.05) is 38.1 Å². The van der Waals surface area contributed by atoms with Gasteiger partial charge < -0.3 is 10.6 Å². The van der Waals surface area contributed by atoms with Gasteiger partial charge in [0.05, 0.1) is 0 Å². The Morgan fingerprint density at radius 2 is 1.72 bits per heavy atom. The number of hydrogen-bond acceptors (Lipinski definition) is 2. The standard InChI is InChI=1S/C15H24N2O/c1-3-10-17-15(18)9-11-16-12-14-7-5-13(4-2)6-8-14/h5-8,16H,3-4,9-12H2,1-2H3,(H,17,18). The first-order valence-corrected chi connectivity index (χ1v) is 6.81. The molecule has 0 bridgehead atoms. The van der Waals surface area contributed by atoms with Crippen LogP contribution < -0.4 is 10.6 Å². The molecule has 0 fully saturated rings. The number of benzene rings is 1. The van der Waals surface area contributed by atoms with E-state index in [1.165, 1.54) is 11.1 Å². The monoisotopic (exact) mass is 248 g/mol. The van der Waals surface area contributed by atoms with E-state index in [0.29, 0.717) is 6.42 Å². The van der Waals surface area contributed by atoms with Crippen molar-refractivity contribution in [3.8, 4) is 0 Å². The summed E-state index contributed by atoms with van der Waals surface area (Å²) in [6.45, 7) is 6.54. The van der Waals surface area contributed by atoms with Gasteiger partial charge in [0.2, 0.25) is 5.91 Å². The molecule has 1 aromatic rings. The van der Waals surface area contributed by atoms with E-state index in [0.717, 1.165) is 32.5 Å². The molecule has 0 aliphatic rings. The average molecular weight is 248 g/mol. The third-order valence-corrected chi connectivity index (χ3v) is 2.86. The van der Waals surface area contributed by atoms with Gasteiger partial charge in [-0.3, -0.25) is 4.79 Å². The maximum atomic E-state index is 11.3. The van der Waals surface area contributed by atoms with Crippen LogP contribution in [0.25, 0.3) is 0 Å². The second-order valence-corrected chi connectivity index (χ2v) is 4.45. The highest BCUT2D eigenvalue weighted by Gasteiger charge is 1.99. The van der Waals surface area contributed by atoms with Gasteiger partial charge in [-0.15, -0.1) is 0 Å². The molecule has 0 spiro atoms. The van der Waals surface area contributed by atoms with Crippen LogP contribution in [0.4, 0.5) is 0 Å². The smallest absolute Gasteiger partial charge is 0.221 e. The molecule has 0 aliphatic heterocycles. The second-order valence-electron chi connectivity index (χ2n) is 4.45. The fourth-order valence-electron chi connectivity index (χ4n) is 1.68. The number of aryl methyl sites for hydroxylation is 1. The molecule has 0 radical (unpaired) electrons. The topological polar surface area (TPSA) is 41.1 Å². The van der Waals surface area contributed by atoms with Crippen molar-refractivity contribution >= 4 is 5.91 Å². The molecule has 0 aromatic heterocycles. The van der Waals surface area contributed by atoms with Gasteiger partial charge in [-0.25, -0.2) is 0 Å². The van der Waals surface area contributed by atoms with Crippen LogP contribution in [0.3, 0.4) is 0 Å². The van der Waals surface area contributed by atoms with E-state index in [1.54, 1.807) is 0 Å². The van der Waals surface area contributed by atoms with Gasteiger partial charge in [0, 0.05) is 26.1 Å². The summed E-state index contributed by atoms with van der Waals surface area (Å²) in [5.74, 6) is 0.130. The SMILES string of the molecule is CCCNC(=O)CCNCc1ccc(CC)cc1. The zero-order valence-electron chi connectivity index (χ0n) is 11.5. The van der Waals surface area contributed by atoms with Crippen LogP contribution in [-0.2, 0) is 17.8 Å². The number of hydrogen-bond donors (Lipinski definition) is 2. The zero-order valence-corrected chi connectivity index (χ0v) is 11.5. The number of rotatable bonds is 8. The first-order valence-electron chi connectivity index (χ1n) is 6.81. The lowest BCUT2D eigenvalue weighted by Crippen LogP contribution is -2.28. The second kappa shape index (κ2) is 8.70. The van der Waals surface area contributed by atoms with Crippen molar-refractivity contribution in [3.63, 3.8) is 0 Å². The molecule has 18 heavy (non-hydrogen) atoms. The van der Waals surface area contributed by atoms with E-state index in [-0.39, 0.29) is 5.91 Å². The van der Waals surface area contributed by atoms with Crippen LogP contribution in [0.15, 0.2) is 24.3 Å². The summed E-state index contributed by atoms with van der Waals surface area (Å²) in [6.07, 6.45) is 2.61. The predicted molar refractivity (Wildman–Crippen MR) is 75.4 cm³/mol. The molecular weight excluding hydrogens is 224 g/mol. The largest absolute Gasteiger partial charge is 0.356 e. The highest BCUT2D eigenvalue weighted by atomic mass is 16.1. The fourth-order valence-corrected chi connectivity index (χ4v) is 1.68. The minimum absolute atomic E-state index is 0.130. The van der Waals surface area contributed by atoms with Crippen molar-refractivity contribution in [1.82, 2.24) is 10.6 Å². The average Bonchev–Trinajstić information content (AvgIpc) is 2.42. The summed E-state index contributed by atoms with van der Waals surface area (Å²) in [5.41, 5.74) is 2.62. The lowest BCUT2D eigenvalue weighted by Gasteiger charge is -2.06. The van der Waals surface area contributed by atoms with Crippen molar-refractivity contribution < 1.29 is 4.79 Å². The number of amides is 1. The van der Waals surface area contributed by atoms with Crippen molar-refractivity contribution in [1.29, 1.82) is 0 Å². The van der Waals surface area contributed by atoms with Gasteiger partial charge in [0.15, 0.2) is 0 Å². The number of nitrogens with one attached hydrogen (secondary N) is 2. The van der Waals surface area contributed by atoms with Crippen LogP contribution in [0.2, 0.25) is 0 Å². The van der Waals surface area contributed by atoms with Crippen LogP contribution in [-0.4, -0.2) is 19.0 Å². The van der Waals surface area contributed by atoms with Gasteiger partial charge in [0.25, 0.3) is 0 Å². The van der Waals surface area contributed by atoms with Gasteiger partial charge in [-0.05, 0) is 24.0 Å². The van der Waals surface area contributed by atoms with E-state index in [4.69, 9.17) is 0 Å². The van der Waals surface area contributed by atoms with Crippen LogP contribution in [0, 0.1) is 0 Å². The molecule has 0 saturated heterocycles. The fraction of sp³-hybridized carbons (Fsp3) is 0.533. The summed E-state index contributed by atoms with van der Waals surface area (Å²) in [4.78, 5) is 11.3. The molecule has 1 aromatic carbocycles. The summed E-state index contributed by atoms with van der Waals surface area (Å²) in [5, 5.41) is 6.15. The Balaban J connectivity index is 2.15. The first kappa shape index (κ1) is 14.7. The molecule has 2 N–H and O–H groups in total. The molecule has 1 rings (SSSR count). The minimum atomic E-state index is 0.130. The first-order chi connectivity index (χ1) is 8.76. The lowest BCUT2D eigenvalue weighted by atomic mass is 10.1. The van der Waals surface area contributed by atoms with E-state index >= 15 is 0 Å².